The normalized spacial score (nSPS) is 23.0. The number of nitrogens with zero attached hydrogens (tertiary/aromatic N) is 3. The van der Waals surface area contributed by atoms with Gasteiger partial charge in [0.2, 0.25) is 0 Å². The molecule has 0 bridgehead atoms. The Morgan fingerprint density at radius 1 is 1.03 bits per heavy atom. The van der Waals surface area contributed by atoms with Crippen LogP contribution in [0.25, 0.3) is 0 Å². The third-order valence-corrected chi connectivity index (χ3v) is 6.38. The van der Waals surface area contributed by atoms with Crippen LogP contribution < -0.4 is 9.64 Å². The molecular weight excluding hydrogens is 386 g/mol. The first-order valence-electron chi connectivity index (χ1n) is 10.5. The van der Waals surface area contributed by atoms with Crippen molar-refractivity contribution in [1.82, 2.24) is 0 Å². The van der Waals surface area contributed by atoms with E-state index in [-0.39, 0.29) is 17.6 Å². The van der Waals surface area contributed by atoms with Crippen LogP contribution in [0.3, 0.4) is 0 Å². The molecule has 4 rings (SSSR count). The summed E-state index contributed by atoms with van der Waals surface area (Å²) in [5.74, 6) is 0.295. The van der Waals surface area contributed by atoms with Crippen LogP contribution in [-0.2, 0) is 4.79 Å². The minimum absolute atomic E-state index is 0.0871. The third kappa shape index (κ3) is 3.86. The maximum absolute atomic E-state index is 13.4. The summed E-state index contributed by atoms with van der Waals surface area (Å²) in [7, 11) is 5.64. The van der Waals surface area contributed by atoms with E-state index in [9.17, 15) is 10.1 Å². The van der Waals surface area contributed by atoms with Crippen molar-refractivity contribution in [1.29, 1.82) is 5.26 Å². The largest absolute Gasteiger partial charge is 0.497 e. The number of ketones is 1. The van der Waals surface area contributed by atoms with Crippen LogP contribution in [0.5, 0.6) is 5.75 Å². The molecule has 1 heterocycles. The fraction of sp³-hybridized carbons (Fsp3) is 0.346. The average Bonchev–Trinajstić information content (AvgIpc) is 2.78. The zero-order chi connectivity index (χ0) is 22.1. The molecule has 1 aliphatic carbocycles. The number of hydrogen-bond donors (Lipinski definition) is 0. The van der Waals surface area contributed by atoms with Crippen molar-refractivity contribution in [3.8, 4) is 11.8 Å². The molecule has 2 aromatic carbocycles. The van der Waals surface area contributed by atoms with Gasteiger partial charge in [-0.15, -0.1) is 0 Å². The van der Waals surface area contributed by atoms with Crippen molar-refractivity contribution in [2.45, 2.75) is 31.6 Å². The third-order valence-electron chi connectivity index (χ3n) is 6.38. The number of carbonyl (C=O) groups excluding carboxylic acids is 1. The molecule has 5 nitrogen and oxygen atoms in total. The van der Waals surface area contributed by atoms with Crippen LogP contribution in [0.1, 0.15) is 42.7 Å². The van der Waals surface area contributed by atoms with Gasteiger partial charge in [0.25, 0.3) is 0 Å². The van der Waals surface area contributed by atoms with Gasteiger partial charge in [0.05, 0.1) is 19.1 Å². The summed E-state index contributed by atoms with van der Waals surface area (Å²) in [5, 5.41) is 9.91. The van der Waals surface area contributed by atoms with Gasteiger partial charge >= 0.3 is 0 Å². The molecule has 0 N–H and O–H groups in total. The van der Waals surface area contributed by atoms with E-state index in [1.807, 2.05) is 74.4 Å². The van der Waals surface area contributed by atoms with Crippen molar-refractivity contribution in [2.75, 3.05) is 26.1 Å². The summed E-state index contributed by atoms with van der Waals surface area (Å²) in [4.78, 5) is 20.2. The smallest absolute Gasteiger partial charge is 0.161 e. The average molecular weight is 414 g/mol. The highest BCUT2D eigenvalue weighted by atomic mass is 16.5. The van der Waals surface area contributed by atoms with Crippen LogP contribution in [0.4, 0.5) is 5.69 Å². The second kappa shape index (κ2) is 8.39. The number of ether oxygens (including phenoxy) is 1. The SMILES string of the molecule is COc1ccc([C@@H]2CC(=O)C3=C(C2)N=C(C)C(C#N)[C@H]3c2ccc(N(C)C)cc2)cc1. The molecule has 0 radical (unpaired) electrons. The van der Waals surface area contributed by atoms with Crippen LogP contribution in [-0.4, -0.2) is 32.7 Å². The zero-order valence-corrected chi connectivity index (χ0v) is 18.4. The lowest BCUT2D eigenvalue weighted by Gasteiger charge is -2.35. The maximum atomic E-state index is 13.4. The van der Waals surface area contributed by atoms with E-state index in [2.05, 4.69) is 6.07 Å². The van der Waals surface area contributed by atoms with Gasteiger partial charge in [-0.2, -0.15) is 5.26 Å². The number of allylic oxidation sites excluding steroid dienone is 2. The number of rotatable bonds is 4. The number of benzene rings is 2. The Labute approximate surface area is 183 Å². The Bertz CT molecular complexity index is 1090. The number of nitriles is 1. The summed E-state index contributed by atoms with van der Waals surface area (Å²) in [6.07, 6.45) is 1.14. The van der Waals surface area contributed by atoms with Gasteiger partial charge in [-0.3, -0.25) is 9.79 Å². The Morgan fingerprint density at radius 2 is 1.68 bits per heavy atom. The van der Waals surface area contributed by atoms with E-state index in [0.29, 0.717) is 12.8 Å². The predicted molar refractivity (Wildman–Crippen MR) is 123 cm³/mol. The van der Waals surface area contributed by atoms with Crippen LogP contribution in [0, 0.1) is 17.2 Å². The van der Waals surface area contributed by atoms with Crippen molar-refractivity contribution in [3.05, 3.63) is 70.9 Å². The van der Waals surface area contributed by atoms with Crippen molar-refractivity contribution < 1.29 is 9.53 Å². The van der Waals surface area contributed by atoms with Crippen molar-refractivity contribution >= 4 is 17.2 Å². The van der Waals surface area contributed by atoms with Gasteiger partial charge in [-0.05, 0) is 54.7 Å². The minimum Gasteiger partial charge on any atom is -0.497 e. The van der Waals surface area contributed by atoms with Gasteiger partial charge in [-0.1, -0.05) is 24.3 Å². The minimum atomic E-state index is -0.426. The number of aliphatic imine (C=N–C) groups is 1. The van der Waals surface area contributed by atoms with Crippen LogP contribution >= 0.6 is 0 Å². The lowest BCUT2D eigenvalue weighted by molar-refractivity contribution is -0.116. The molecule has 0 saturated heterocycles. The highest BCUT2D eigenvalue weighted by Crippen LogP contribution is 2.46. The quantitative estimate of drug-likeness (QED) is 0.718. The van der Waals surface area contributed by atoms with Crippen molar-refractivity contribution in [3.63, 3.8) is 0 Å². The molecule has 1 unspecified atom stereocenters. The lowest BCUT2D eigenvalue weighted by atomic mass is 9.69. The van der Waals surface area contributed by atoms with Crippen LogP contribution in [0.15, 0.2) is 64.8 Å². The van der Waals surface area contributed by atoms with Gasteiger partial charge in [0, 0.05) is 49.1 Å². The topological polar surface area (TPSA) is 65.7 Å². The molecule has 2 aliphatic rings. The number of hydrogen-bond acceptors (Lipinski definition) is 5. The summed E-state index contributed by atoms with van der Waals surface area (Å²) in [5.41, 5.74) is 5.54. The Balaban J connectivity index is 1.73. The first kappa shape index (κ1) is 20.9. The maximum Gasteiger partial charge on any atom is 0.161 e. The number of carbonyl (C=O) groups is 1. The highest BCUT2D eigenvalue weighted by Gasteiger charge is 2.41. The molecule has 31 heavy (non-hydrogen) atoms. The van der Waals surface area contributed by atoms with E-state index in [1.54, 1.807) is 7.11 Å². The monoisotopic (exact) mass is 413 g/mol. The standard InChI is InChI=1S/C26H27N3O2/c1-16-22(15-27)25(18-5-9-20(10-6-18)29(2)3)26-23(28-16)13-19(14-24(26)30)17-7-11-21(31-4)12-8-17/h5-12,19,22,25H,13-14H2,1-4H3/t19-,22?,25+/m0/s1. The molecule has 1 aliphatic heterocycles. The molecule has 2 aromatic rings. The molecular formula is C26H27N3O2. The zero-order valence-electron chi connectivity index (χ0n) is 18.4. The first-order valence-corrected chi connectivity index (χ1v) is 10.5. The summed E-state index contributed by atoms with van der Waals surface area (Å²) in [6.45, 7) is 1.90. The number of anilines is 1. The van der Waals surface area contributed by atoms with Crippen LogP contribution in [0.2, 0.25) is 0 Å². The summed E-state index contributed by atoms with van der Waals surface area (Å²) >= 11 is 0. The molecule has 5 heteroatoms. The highest BCUT2D eigenvalue weighted by molar-refractivity contribution is 6.03. The van der Waals surface area contributed by atoms with E-state index in [0.717, 1.165) is 39.5 Å². The predicted octanol–water partition coefficient (Wildman–Crippen LogP) is 4.86. The number of methoxy groups -OCH3 is 1. The Hall–Kier alpha value is -3.39. The fourth-order valence-corrected chi connectivity index (χ4v) is 4.68. The molecule has 0 spiro atoms. The molecule has 158 valence electrons. The molecule has 0 fully saturated rings. The molecule has 3 atom stereocenters. The molecule has 0 aromatic heterocycles. The second-order valence-electron chi connectivity index (χ2n) is 8.49. The van der Waals surface area contributed by atoms with E-state index in [1.165, 1.54) is 0 Å². The summed E-state index contributed by atoms with van der Waals surface area (Å²) < 4.78 is 5.26. The van der Waals surface area contributed by atoms with Crippen molar-refractivity contribution in [2.24, 2.45) is 10.9 Å². The van der Waals surface area contributed by atoms with Gasteiger partial charge in [-0.25, -0.2) is 0 Å². The van der Waals surface area contributed by atoms with Gasteiger partial charge < -0.3 is 9.64 Å². The first-order chi connectivity index (χ1) is 14.9. The lowest BCUT2D eigenvalue weighted by Crippen LogP contribution is -2.32. The van der Waals surface area contributed by atoms with E-state index < -0.39 is 5.92 Å². The number of Topliss-reactive ketones (excluding diaryl/α,β-unsaturated/α-hetero) is 1. The second-order valence-corrected chi connectivity index (χ2v) is 8.49. The van der Waals surface area contributed by atoms with E-state index in [4.69, 9.17) is 9.73 Å². The fourth-order valence-electron chi connectivity index (χ4n) is 4.68. The summed E-state index contributed by atoms with van der Waals surface area (Å²) in [6, 6.07) is 18.5. The Morgan fingerprint density at radius 3 is 2.26 bits per heavy atom. The molecule has 0 amide bonds. The van der Waals surface area contributed by atoms with E-state index >= 15 is 0 Å². The Kier molecular flexibility index (Phi) is 5.65. The molecule has 0 saturated carbocycles. The van der Waals surface area contributed by atoms with Gasteiger partial charge in [0.15, 0.2) is 5.78 Å². The van der Waals surface area contributed by atoms with Gasteiger partial charge in [0.1, 0.15) is 5.75 Å².